The summed E-state index contributed by atoms with van der Waals surface area (Å²) in [5.41, 5.74) is 0. The molecule has 0 atom stereocenters. The van der Waals surface area contributed by atoms with E-state index in [4.69, 9.17) is 11.6 Å². The third-order valence-corrected chi connectivity index (χ3v) is 3.19. The predicted molar refractivity (Wildman–Crippen MR) is 70.3 cm³/mol. The van der Waals surface area contributed by atoms with Crippen LogP contribution in [-0.4, -0.2) is 29.7 Å². The quantitative estimate of drug-likeness (QED) is 0.737. The van der Waals surface area contributed by atoms with Gasteiger partial charge in [-0.1, -0.05) is 18.2 Å². The van der Waals surface area contributed by atoms with Crippen LogP contribution in [0.25, 0.3) is 5.95 Å². The second-order valence-corrected chi connectivity index (χ2v) is 4.82. The Morgan fingerprint density at radius 2 is 1.89 bits per heavy atom. The van der Waals surface area contributed by atoms with Crippen molar-refractivity contribution in [3.8, 4) is 5.95 Å². The molecular formula is C11H7ClN6S. The van der Waals surface area contributed by atoms with Crippen molar-refractivity contribution in [1.82, 2.24) is 29.7 Å². The molecular weight excluding hydrogens is 284 g/mol. The van der Waals surface area contributed by atoms with Crippen LogP contribution >= 0.6 is 23.4 Å². The van der Waals surface area contributed by atoms with E-state index >= 15 is 0 Å². The van der Waals surface area contributed by atoms with E-state index in [1.165, 1.54) is 29.1 Å². The molecule has 0 amide bonds. The van der Waals surface area contributed by atoms with Gasteiger partial charge in [0, 0.05) is 4.90 Å². The van der Waals surface area contributed by atoms with Crippen molar-refractivity contribution in [3.05, 3.63) is 48.3 Å². The number of aromatic nitrogens is 6. The number of rotatable bonds is 3. The van der Waals surface area contributed by atoms with Crippen molar-refractivity contribution in [2.24, 2.45) is 0 Å². The second-order valence-electron chi connectivity index (χ2n) is 3.44. The average Bonchev–Trinajstić information content (AvgIpc) is 2.93. The highest BCUT2D eigenvalue weighted by Gasteiger charge is 2.08. The number of nitrogens with zero attached hydrogens (tertiary/aromatic N) is 6. The molecule has 1 aromatic carbocycles. The minimum atomic E-state index is 0.124. The van der Waals surface area contributed by atoms with Crippen LogP contribution in [0.3, 0.4) is 0 Å². The van der Waals surface area contributed by atoms with E-state index in [1.807, 2.05) is 30.3 Å². The van der Waals surface area contributed by atoms with Gasteiger partial charge in [-0.2, -0.15) is 24.7 Å². The zero-order chi connectivity index (χ0) is 13.1. The molecule has 0 fully saturated rings. The summed E-state index contributed by atoms with van der Waals surface area (Å²) in [7, 11) is 0. The third kappa shape index (κ3) is 2.88. The van der Waals surface area contributed by atoms with Gasteiger partial charge in [-0.15, -0.1) is 0 Å². The number of hydrogen-bond donors (Lipinski definition) is 0. The van der Waals surface area contributed by atoms with Crippen molar-refractivity contribution in [2.75, 3.05) is 0 Å². The molecule has 0 unspecified atom stereocenters. The van der Waals surface area contributed by atoms with Crippen LogP contribution in [0.2, 0.25) is 5.28 Å². The summed E-state index contributed by atoms with van der Waals surface area (Å²) >= 11 is 7.30. The van der Waals surface area contributed by atoms with Crippen LogP contribution in [-0.2, 0) is 0 Å². The lowest BCUT2D eigenvalue weighted by molar-refractivity contribution is 0.757. The highest BCUT2D eigenvalue weighted by atomic mass is 35.5. The molecule has 3 aromatic rings. The van der Waals surface area contributed by atoms with Crippen molar-refractivity contribution in [2.45, 2.75) is 10.1 Å². The summed E-state index contributed by atoms with van der Waals surface area (Å²) in [5.74, 6) is 0.343. The summed E-state index contributed by atoms with van der Waals surface area (Å²) in [6, 6.07) is 9.78. The monoisotopic (exact) mass is 290 g/mol. The van der Waals surface area contributed by atoms with E-state index in [0.717, 1.165) is 4.90 Å². The van der Waals surface area contributed by atoms with Crippen molar-refractivity contribution >= 4 is 23.4 Å². The highest BCUT2D eigenvalue weighted by molar-refractivity contribution is 7.99. The van der Waals surface area contributed by atoms with E-state index in [9.17, 15) is 0 Å². The molecule has 3 rings (SSSR count). The summed E-state index contributed by atoms with van der Waals surface area (Å²) in [5, 5.41) is 4.60. The highest BCUT2D eigenvalue weighted by Crippen LogP contribution is 2.25. The van der Waals surface area contributed by atoms with Crippen molar-refractivity contribution in [3.63, 3.8) is 0 Å². The van der Waals surface area contributed by atoms with Gasteiger partial charge in [-0.05, 0) is 35.5 Å². The van der Waals surface area contributed by atoms with Gasteiger partial charge in [-0.3, -0.25) is 0 Å². The van der Waals surface area contributed by atoms with Gasteiger partial charge in [0.2, 0.25) is 5.28 Å². The third-order valence-electron chi connectivity index (χ3n) is 2.15. The molecule has 6 nitrogen and oxygen atoms in total. The number of halogens is 1. The fraction of sp³-hybridized carbons (Fsp3) is 0. The maximum atomic E-state index is 5.90. The molecule has 0 N–H and O–H groups in total. The molecule has 94 valence electrons. The van der Waals surface area contributed by atoms with Gasteiger partial charge in [0.1, 0.15) is 12.7 Å². The number of hydrogen-bond acceptors (Lipinski definition) is 6. The minimum absolute atomic E-state index is 0.124. The molecule has 0 aliphatic rings. The molecule has 0 aliphatic heterocycles. The predicted octanol–water partition coefficient (Wildman–Crippen LogP) is 2.26. The largest absolute Gasteiger partial charge is 0.257 e. The first-order chi connectivity index (χ1) is 9.31. The van der Waals surface area contributed by atoms with E-state index in [0.29, 0.717) is 11.1 Å². The minimum Gasteiger partial charge on any atom is -0.223 e. The molecule has 0 radical (unpaired) electrons. The Hall–Kier alpha value is -1.99. The lowest BCUT2D eigenvalue weighted by atomic mass is 10.4. The molecule has 2 heterocycles. The van der Waals surface area contributed by atoms with Crippen LogP contribution in [0.4, 0.5) is 0 Å². The molecule has 2 aromatic heterocycles. The van der Waals surface area contributed by atoms with Crippen molar-refractivity contribution < 1.29 is 0 Å². The Labute approximate surface area is 117 Å². The molecule has 0 bridgehead atoms. The Morgan fingerprint density at radius 3 is 2.63 bits per heavy atom. The van der Waals surface area contributed by atoms with Gasteiger partial charge in [0.05, 0.1) is 0 Å². The molecule has 0 saturated heterocycles. The maximum Gasteiger partial charge on any atom is 0.257 e. The molecule has 0 aliphatic carbocycles. The first kappa shape index (κ1) is 12.1. The Bertz CT molecular complexity index is 673. The zero-order valence-electron chi connectivity index (χ0n) is 9.51. The standard InChI is InChI=1S/C11H7ClN6S/c12-9-15-10(18-7-13-6-14-18)17-11(16-9)19-8-4-2-1-3-5-8/h1-7H. The van der Waals surface area contributed by atoms with E-state index < -0.39 is 0 Å². The lowest BCUT2D eigenvalue weighted by Crippen LogP contribution is -2.04. The first-order valence-corrected chi connectivity index (χ1v) is 6.50. The average molecular weight is 291 g/mol. The molecule has 8 heteroatoms. The van der Waals surface area contributed by atoms with Gasteiger partial charge in [0.25, 0.3) is 5.95 Å². The van der Waals surface area contributed by atoms with Gasteiger partial charge < -0.3 is 0 Å². The van der Waals surface area contributed by atoms with E-state index in [2.05, 4.69) is 25.0 Å². The molecule has 19 heavy (non-hydrogen) atoms. The normalized spacial score (nSPS) is 10.6. The van der Waals surface area contributed by atoms with Gasteiger partial charge in [0.15, 0.2) is 5.16 Å². The summed E-state index contributed by atoms with van der Waals surface area (Å²) in [6.45, 7) is 0. The maximum absolute atomic E-state index is 5.90. The Balaban J connectivity index is 1.94. The van der Waals surface area contributed by atoms with E-state index in [-0.39, 0.29) is 5.28 Å². The van der Waals surface area contributed by atoms with Gasteiger partial charge >= 0.3 is 0 Å². The second kappa shape index (κ2) is 5.33. The van der Waals surface area contributed by atoms with Crippen molar-refractivity contribution in [1.29, 1.82) is 0 Å². The topological polar surface area (TPSA) is 69.4 Å². The van der Waals surface area contributed by atoms with E-state index in [1.54, 1.807) is 0 Å². The SMILES string of the molecule is Clc1nc(Sc2ccccc2)nc(-n2cncn2)n1. The van der Waals surface area contributed by atoms with Crippen LogP contribution in [0.15, 0.2) is 53.0 Å². The zero-order valence-corrected chi connectivity index (χ0v) is 11.1. The summed E-state index contributed by atoms with van der Waals surface area (Å²) in [6.07, 6.45) is 2.91. The van der Waals surface area contributed by atoms with Gasteiger partial charge in [-0.25, -0.2) is 4.98 Å². The Kier molecular flexibility index (Phi) is 3.39. The summed E-state index contributed by atoms with van der Waals surface area (Å²) in [4.78, 5) is 17.2. The first-order valence-electron chi connectivity index (χ1n) is 5.31. The van der Waals surface area contributed by atoms with Crippen LogP contribution in [0.1, 0.15) is 0 Å². The number of benzene rings is 1. The molecule has 0 spiro atoms. The van der Waals surface area contributed by atoms with Crippen LogP contribution in [0.5, 0.6) is 0 Å². The Morgan fingerprint density at radius 1 is 1.05 bits per heavy atom. The fourth-order valence-electron chi connectivity index (χ4n) is 1.38. The van der Waals surface area contributed by atoms with Crippen LogP contribution < -0.4 is 0 Å². The summed E-state index contributed by atoms with van der Waals surface area (Å²) < 4.78 is 1.43. The smallest absolute Gasteiger partial charge is 0.223 e. The van der Waals surface area contributed by atoms with Crippen LogP contribution in [0, 0.1) is 0 Å². The lowest BCUT2D eigenvalue weighted by Gasteiger charge is -2.03. The fourth-order valence-corrected chi connectivity index (χ4v) is 2.34. The molecule has 0 saturated carbocycles.